The average Bonchev–Trinajstić information content (AvgIpc) is 2.63. The van der Waals surface area contributed by atoms with Gasteiger partial charge in [0.15, 0.2) is 4.77 Å². The minimum absolute atomic E-state index is 0.0751. The molecule has 0 aromatic carbocycles. The van der Waals surface area contributed by atoms with E-state index >= 15 is 0 Å². The molecule has 1 N–H and O–H groups in total. The van der Waals surface area contributed by atoms with Crippen LogP contribution in [0.3, 0.4) is 0 Å². The van der Waals surface area contributed by atoms with Gasteiger partial charge in [-0.25, -0.2) is 0 Å². The maximum absolute atomic E-state index is 5.35. The first-order valence-electron chi connectivity index (χ1n) is 6.08. The maximum atomic E-state index is 5.35. The zero-order valence-electron chi connectivity index (χ0n) is 11.3. The average molecular weight is 261 g/mol. The summed E-state index contributed by atoms with van der Waals surface area (Å²) in [6.07, 6.45) is 3.92. The van der Waals surface area contributed by atoms with Crippen molar-refractivity contribution in [3.05, 3.63) is 46.2 Å². The molecule has 0 saturated heterocycles. The first kappa shape index (κ1) is 13.0. The quantitative estimate of drug-likeness (QED) is 0.838. The second-order valence-corrected chi connectivity index (χ2v) is 6.01. The molecule has 0 aliphatic rings. The molecular weight excluding hydrogens is 242 g/mol. The predicted molar refractivity (Wildman–Crippen MR) is 76.4 cm³/mol. The van der Waals surface area contributed by atoms with Crippen LogP contribution < -0.4 is 0 Å². The van der Waals surface area contributed by atoms with Crippen molar-refractivity contribution >= 4 is 12.2 Å². The zero-order valence-corrected chi connectivity index (χ0v) is 12.1. The van der Waals surface area contributed by atoms with Gasteiger partial charge < -0.3 is 9.55 Å². The lowest BCUT2D eigenvalue weighted by Crippen LogP contribution is -2.18. The van der Waals surface area contributed by atoms with Crippen molar-refractivity contribution in [2.45, 2.75) is 39.7 Å². The molecule has 96 valence electrons. The topological polar surface area (TPSA) is 33.6 Å². The Morgan fingerprint density at radius 2 is 2.06 bits per heavy atom. The highest BCUT2D eigenvalue weighted by atomic mass is 32.1. The molecule has 0 aliphatic carbocycles. The van der Waals surface area contributed by atoms with Crippen molar-refractivity contribution in [1.82, 2.24) is 14.5 Å². The second kappa shape index (κ2) is 4.69. The number of rotatable bonds is 2. The SMILES string of the molecule is Cc1ccc(Cn2c(C(C)(C)C)c[nH]c2=S)cn1. The lowest BCUT2D eigenvalue weighted by Gasteiger charge is -2.20. The van der Waals surface area contributed by atoms with Crippen LogP contribution in [-0.4, -0.2) is 14.5 Å². The Labute approximate surface area is 113 Å². The molecule has 0 amide bonds. The third-order valence-electron chi connectivity index (χ3n) is 2.95. The monoisotopic (exact) mass is 261 g/mol. The molecule has 0 unspecified atom stereocenters. The highest BCUT2D eigenvalue weighted by Gasteiger charge is 2.19. The summed E-state index contributed by atoms with van der Waals surface area (Å²) in [7, 11) is 0. The van der Waals surface area contributed by atoms with Gasteiger partial charge in [0.1, 0.15) is 0 Å². The van der Waals surface area contributed by atoms with E-state index in [0.717, 1.165) is 17.0 Å². The van der Waals surface area contributed by atoms with Gasteiger partial charge in [0.05, 0.1) is 6.54 Å². The van der Waals surface area contributed by atoms with E-state index < -0.39 is 0 Å². The fourth-order valence-corrected chi connectivity index (χ4v) is 2.17. The number of aromatic nitrogens is 3. The van der Waals surface area contributed by atoms with Gasteiger partial charge in [0.25, 0.3) is 0 Å². The molecule has 4 heteroatoms. The van der Waals surface area contributed by atoms with Gasteiger partial charge in [-0.15, -0.1) is 0 Å². The summed E-state index contributed by atoms with van der Waals surface area (Å²) in [5.74, 6) is 0. The zero-order chi connectivity index (χ0) is 13.3. The fraction of sp³-hybridized carbons (Fsp3) is 0.429. The van der Waals surface area contributed by atoms with Crippen LogP contribution in [0.4, 0.5) is 0 Å². The molecule has 2 rings (SSSR count). The molecule has 0 spiro atoms. The fourth-order valence-electron chi connectivity index (χ4n) is 1.95. The number of pyridine rings is 1. The van der Waals surface area contributed by atoms with Gasteiger partial charge in [-0.1, -0.05) is 26.8 Å². The Kier molecular flexibility index (Phi) is 3.39. The summed E-state index contributed by atoms with van der Waals surface area (Å²) in [4.78, 5) is 7.46. The van der Waals surface area contributed by atoms with Crippen LogP contribution in [0.2, 0.25) is 0 Å². The Balaban J connectivity index is 2.37. The third-order valence-corrected chi connectivity index (χ3v) is 3.29. The van der Waals surface area contributed by atoms with Gasteiger partial charge in [0.2, 0.25) is 0 Å². The van der Waals surface area contributed by atoms with Gasteiger partial charge in [0, 0.05) is 29.2 Å². The normalized spacial score (nSPS) is 11.8. The van der Waals surface area contributed by atoms with Gasteiger partial charge >= 0.3 is 0 Å². The number of aromatic amines is 1. The van der Waals surface area contributed by atoms with Gasteiger partial charge in [-0.2, -0.15) is 0 Å². The molecule has 18 heavy (non-hydrogen) atoms. The largest absolute Gasteiger partial charge is 0.337 e. The van der Waals surface area contributed by atoms with Crippen molar-refractivity contribution in [1.29, 1.82) is 0 Å². The Bertz CT molecular complexity index is 585. The van der Waals surface area contributed by atoms with E-state index in [2.05, 4.69) is 41.4 Å². The molecule has 2 aromatic rings. The van der Waals surface area contributed by atoms with Crippen LogP contribution in [0, 0.1) is 11.7 Å². The second-order valence-electron chi connectivity index (χ2n) is 5.62. The molecule has 0 bridgehead atoms. The smallest absolute Gasteiger partial charge is 0.177 e. The standard InChI is InChI=1S/C14H19N3S/c1-10-5-6-11(7-15-10)9-17-12(14(2,3)4)8-16-13(17)18/h5-8H,9H2,1-4H3,(H,16,18). The van der Waals surface area contributed by atoms with Crippen LogP contribution in [0.5, 0.6) is 0 Å². The summed E-state index contributed by atoms with van der Waals surface area (Å²) in [5.41, 5.74) is 3.49. The Hall–Kier alpha value is -1.42. The molecule has 0 atom stereocenters. The number of imidazole rings is 1. The minimum atomic E-state index is 0.0751. The minimum Gasteiger partial charge on any atom is -0.337 e. The van der Waals surface area contributed by atoms with E-state index in [1.165, 1.54) is 11.3 Å². The van der Waals surface area contributed by atoms with Crippen LogP contribution >= 0.6 is 12.2 Å². The number of nitrogens with one attached hydrogen (secondary N) is 1. The summed E-state index contributed by atoms with van der Waals surface area (Å²) >= 11 is 5.35. The van der Waals surface area contributed by atoms with Crippen molar-refractivity contribution in [2.24, 2.45) is 0 Å². The first-order chi connectivity index (χ1) is 8.38. The molecule has 3 nitrogen and oxygen atoms in total. The van der Waals surface area contributed by atoms with E-state index in [9.17, 15) is 0 Å². The first-order valence-corrected chi connectivity index (χ1v) is 6.49. The van der Waals surface area contributed by atoms with Crippen LogP contribution in [-0.2, 0) is 12.0 Å². The molecule has 0 aliphatic heterocycles. The molecular formula is C14H19N3S. The number of aryl methyl sites for hydroxylation is 1. The van der Waals surface area contributed by atoms with Crippen molar-refractivity contribution in [2.75, 3.05) is 0 Å². The van der Waals surface area contributed by atoms with E-state index in [-0.39, 0.29) is 5.41 Å². The molecule has 2 aromatic heterocycles. The molecule has 0 radical (unpaired) electrons. The Morgan fingerprint density at radius 3 is 2.61 bits per heavy atom. The number of hydrogen-bond donors (Lipinski definition) is 1. The number of nitrogens with zero attached hydrogens (tertiary/aromatic N) is 2. The summed E-state index contributed by atoms with van der Waals surface area (Å²) < 4.78 is 2.90. The Morgan fingerprint density at radius 1 is 1.33 bits per heavy atom. The summed E-state index contributed by atoms with van der Waals surface area (Å²) in [5, 5.41) is 0. The highest BCUT2D eigenvalue weighted by Crippen LogP contribution is 2.23. The van der Waals surface area contributed by atoms with Gasteiger partial charge in [-0.3, -0.25) is 4.98 Å². The van der Waals surface area contributed by atoms with Crippen LogP contribution in [0.1, 0.15) is 37.7 Å². The van der Waals surface area contributed by atoms with Crippen molar-refractivity contribution in [3.8, 4) is 0 Å². The predicted octanol–water partition coefficient (Wildman–Crippen LogP) is 3.59. The van der Waals surface area contributed by atoms with E-state index in [4.69, 9.17) is 12.2 Å². The van der Waals surface area contributed by atoms with Crippen molar-refractivity contribution in [3.63, 3.8) is 0 Å². The molecule has 2 heterocycles. The molecule has 0 saturated carbocycles. The van der Waals surface area contributed by atoms with Crippen LogP contribution in [0.15, 0.2) is 24.5 Å². The number of hydrogen-bond acceptors (Lipinski definition) is 2. The maximum Gasteiger partial charge on any atom is 0.177 e. The lowest BCUT2D eigenvalue weighted by atomic mass is 9.92. The van der Waals surface area contributed by atoms with E-state index in [0.29, 0.717) is 0 Å². The third kappa shape index (κ3) is 2.70. The lowest BCUT2D eigenvalue weighted by molar-refractivity contribution is 0.529. The highest BCUT2D eigenvalue weighted by molar-refractivity contribution is 7.71. The van der Waals surface area contributed by atoms with Crippen LogP contribution in [0.25, 0.3) is 0 Å². The molecule has 0 fully saturated rings. The van der Waals surface area contributed by atoms with E-state index in [1.807, 2.05) is 25.4 Å². The van der Waals surface area contributed by atoms with E-state index in [1.54, 1.807) is 0 Å². The summed E-state index contributed by atoms with van der Waals surface area (Å²) in [6, 6.07) is 4.13. The summed E-state index contributed by atoms with van der Waals surface area (Å²) in [6.45, 7) is 9.33. The number of H-pyrrole nitrogens is 1. The van der Waals surface area contributed by atoms with Crippen molar-refractivity contribution < 1.29 is 0 Å². The van der Waals surface area contributed by atoms with Gasteiger partial charge in [-0.05, 0) is 30.8 Å².